The Morgan fingerprint density at radius 1 is 1.30 bits per heavy atom. The molecule has 0 saturated heterocycles. The number of hydrogen-bond donors (Lipinski definition) is 1. The molecule has 0 saturated carbocycles. The first-order valence-corrected chi connectivity index (χ1v) is 7.62. The van der Waals surface area contributed by atoms with Gasteiger partial charge in [0.2, 0.25) is 10.0 Å². The topological polar surface area (TPSA) is 74.7 Å². The highest BCUT2D eigenvalue weighted by atomic mass is 32.2. The van der Waals surface area contributed by atoms with Gasteiger partial charge in [-0.3, -0.25) is 4.79 Å². The van der Waals surface area contributed by atoms with Gasteiger partial charge in [-0.05, 0) is 43.5 Å². The van der Waals surface area contributed by atoms with Crippen molar-refractivity contribution in [1.82, 2.24) is 4.31 Å². The Labute approximate surface area is 118 Å². The summed E-state index contributed by atoms with van der Waals surface area (Å²) in [7, 11) is -3.95. The van der Waals surface area contributed by atoms with E-state index in [1.165, 1.54) is 13.8 Å². The van der Waals surface area contributed by atoms with Gasteiger partial charge in [-0.15, -0.1) is 0 Å². The second-order valence-corrected chi connectivity index (χ2v) is 6.48. The van der Waals surface area contributed by atoms with Crippen LogP contribution in [0.15, 0.2) is 17.0 Å². The second kappa shape index (κ2) is 6.32. The van der Waals surface area contributed by atoms with E-state index in [1.807, 2.05) is 0 Å². The van der Waals surface area contributed by atoms with E-state index in [4.69, 9.17) is 5.11 Å². The zero-order valence-electron chi connectivity index (χ0n) is 11.7. The summed E-state index contributed by atoms with van der Waals surface area (Å²) in [6.45, 7) is 4.24. The Hall–Kier alpha value is -1.47. The number of hydrogen-bond acceptors (Lipinski definition) is 3. The van der Waals surface area contributed by atoms with Crippen molar-refractivity contribution in [1.29, 1.82) is 0 Å². The summed E-state index contributed by atoms with van der Waals surface area (Å²) >= 11 is 0. The van der Waals surface area contributed by atoms with Gasteiger partial charge in [0.15, 0.2) is 0 Å². The minimum Gasteiger partial charge on any atom is -0.480 e. The zero-order valence-corrected chi connectivity index (χ0v) is 12.5. The molecule has 0 aliphatic carbocycles. The van der Waals surface area contributed by atoms with E-state index >= 15 is 0 Å². The predicted octanol–water partition coefficient (Wildman–Crippen LogP) is 1.93. The van der Waals surface area contributed by atoms with E-state index in [2.05, 4.69) is 0 Å². The van der Waals surface area contributed by atoms with Crippen LogP contribution in [0.4, 0.5) is 4.39 Å². The summed E-state index contributed by atoms with van der Waals surface area (Å²) in [5.74, 6) is -1.74. The third-order valence-electron chi connectivity index (χ3n) is 2.81. The van der Waals surface area contributed by atoms with Crippen LogP contribution in [0.3, 0.4) is 0 Å². The number of carbonyl (C=O) groups is 1. The fraction of sp³-hybridized carbons (Fsp3) is 0.462. The Kier molecular flexibility index (Phi) is 5.24. The van der Waals surface area contributed by atoms with Crippen molar-refractivity contribution in [2.24, 2.45) is 0 Å². The number of halogens is 1. The first kappa shape index (κ1) is 16.6. The summed E-state index contributed by atoms with van der Waals surface area (Å²) in [5.41, 5.74) is 0.544. The fourth-order valence-electron chi connectivity index (χ4n) is 2.12. The normalized spacial score (nSPS) is 11.8. The molecule has 0 aliphatic rings. The molecule has 1 N–H and O–H groups in total. The lowest BCUT2D eigenvalue weighted by Gasteiger charge is -2.22. The van der Waals surface area contributed by atoms with Crippen LogP contribution in [0, 0.1) is 19.7 Å². The average Bonchev–Trinajstić information content (AvgIpc) is 2.25. The van der Waals surface area contributed by atoms with Crippen molar-refractivity contribution >= 4 is 16.0 Å². The highest BCUT2D eigenvalue weighted by Gasteiger charge is 2.29. The average molecular weight is 303 g/mol. The number of benzene rings is 1. The number of carboxylic acid groups (broad SMARTS) is 1. The van der Waals surface area contributed by atoms with E-state index in [-0.39, 0.29) is 22.6 Å². The van der Waals surface area contributed by atoms with Crippen molar-refractivity contribution in [3.63, 3.8) is 0 Å². The SMILES string of the molecule is CCCN(CC(=O)O)S(=O)(=O)c1c(C)cc(F)cc1C. The molecular weight excluding hydrogens is 285 g/mol. The lowest BCUT2D eigenvalue weighted by atomic mass is 10.1. The molecule has 0 aromatic heterocycles. The van der Waals surface area contributed by atoms with Crippen LogP contribution < -0.4 is 0 Å². The van der Waals surface area contributed by atoms with Gasteiger partial charge in [-0.25, -0.2) is 12.8 Å². The second-order valence-electron chi connectivity index (χ2n) is 4.60. The molecule has 0 radical (unpaired) electrons. The lowest BCUT2D eigenvalue weighted by molar-refractivity contribution is -0.137. The minimum absolute atomic E-state index is 0.0198. The molecule has 1 rings (SSSR count). The van der Waals surface area contributed by atoms with Crippen molar-refractivity contribution in [3.05, 3.63) is 29.1 Å². The van der Waals surface area contributed by atoms with Crippen molar-refractivity contribution in [2.75, 3.05) is 13.1 Å². The highest BCUT2D eigenvalue weighted by Crippen LogP contribution is 2.25. The van der Waals surface area contributed by atoms with Gasteiger partial charge in [-0.2, -0.15) is 4.31 Å². The van der Waals surface area contributed by atoms with Gasteiger partial charge in [0.1, 0.15) is 12.4 Å². The maximum Gasteiger partial charge on any atom is 0.318 e. The Morgan fingerprint density at radius 3 is 2.20 bits per heavy atom. The summed E-state index contributed by atoms with van der Waals surface area (Å²) in [5, 5.41) is 8.84. The monoisotopic (exact) mass is 303 g/mol. The molecule has 0 atom stereocenters. The number of nitrogens with zero attached hydrogens (tertiary/aromatic N) is 1. The molecule has 0 unspecified atom stereocenters. The maximum absolute atomic E-state index is 13.3. The van der Waals surface area contributed by atoms with Crippen LogP contribution in [0.2, 0.25) is 0 Å². The third-order valence-corrected chi connectivity index (χ3v) is 4.96. The largest absolute Gasteiger partial charge is 0.480 e. The van der Waals surface area contributed by atoms with Crippen LogP contribution in [-0.2, 0) is 14.8 Å². The Morgan fingerprint density at radius 2 is 1.80 bits per heavy atom. The summed E-state index contributed by atoms with van der Waals surface area (Å²) in [6.07, 6.45) is 0.492. The highest BCUT2D eigenvalue weighted by molar-refractivity contribution is 7.89. The van der Waals surface area contributed by atoms with Crippen LogP contribution in [0.5, 0.6) is 0 Å². The fourth-order valence-corrected chi connectivity index (χ4v) is 4.01. The first-order valence-electron chi connectivity index (χ1n) is 6.18. The summed E-state index contributed by atoms with van der Waals surface area (Å²) < 4.78 is 39.3. The third kappa shape index (κ3) is 3.55. The molecule has 0 heterocycles. The Bertz CT molecular complexity index is 590. The molecule has 112 valence electrons. The van der Waals surface area contributed by atoms with Gasteiger partial charge in [0, 0.05) is 6.54 Å². The van der Waals surface area contributed by atoms with Crippen LogP contribution in [0.25, 0.3) is 0 Å². The molecule has 0 spiro atoms. The van der Waals surface area contributed by atoms with Gasteiger partial charge in [-0.1, -0.05) is 6.92 Å². The zero-order chi connectivity index (χ0) is 15.5. The van der Waals surface area contributed by atoms with Crippen molar-refractivity contribution in [3.8, 4) is 0 Å². The quantitative estimate of drug-likeness (QED) is 0.871. The molecular formula is C13H18FNO4S. The van der Waals surface area contributed by atoms with Gasteiger partial charge in [0.25, 0.3) is 0 Å². The smallest absolute Gasteiger partial charge is 0.318 e. The van der Waals surface area contributed by atoms with Crippen LogP contribution in [-0.4, -0.2) is 36.9 Å². The summed E-state index contributed by atoms with van der Waals surface area (Å²) in [4.78, 5) is 10.8. The van der Waals surface area contributed by atoms with Gasteiger partial charge in [0.05, 0.1) is 4.90 Å². The lowest BCUT2D eigenvalue weighted by Crippen LogP contribution is -2.37. The van der Waals surface area contributed by atoms with E-state index in [9.17, 15) is 17.6 Å². The molecule has 1 aromatic rings. The number of sulfonamides is 1. The van der Waals surface area contributed by atoms with Gasteiger partial charge < -0.3 is 5.11 Å². The number of rotatable bonds is 6. The molecule has 7 heteroatoms. The molecule has 5 nitrogen and oxygen atoms in total. The Balaban J connectivity index is 3.37. The first-order chi connectivity index (χ1) is 9.20. The predicted molar refractivity (Wildman–Crippen MR) is 72.6 cm³/mol. The van der Waals surface area contributed by atoms with Crippen LogP contribution >= 0.6 is 0 Å². The molecule has 0 amide bonds. The van der Waals surface area contributed by atoms with E-state index in [1.54, 1.807) is 6.92 Å². The molecule has 0 fully saturated rings. The van der Waals surface area contributed by atoms with Crippen molar-refractivity contribution < 1.29 is 22.7 Å². The number of carboxylic acids is 1. The number of aliphatic carboxylic acids is 1. The van der Waals surface area contributed by atoms with Gasteiger partial charge >= 0.3 is 5.97 Å². The summed E-state index contributed by atoms with van der Waals surface area (Å²) in [6, 6.07) is 2.26. The standard InChI is InChI=1S/C13H18FNO4S/c1-4-5-15(8-12(16)17)20(18,19)13-9(2)6-11(14)7-10(13)3/h6-7H,4-5,8H2,1-3H3,(H,16,17). The molecule has 1 aromatic carbocycles. The minimum atomic E-state index is -3.95. The van der Waals surface area contributed by atoms with Crippen LogP contribution in [0.1, 0.15) is 24.5 Å². The number of aryl methyl sites for hydroxylation is 2. The van der Waals surface area contributed by atoms with E-state index in [0.29, 0.717) is 6.42 Å². The van der Waals surface area contributed by atoms with Crippen molar-refractivity contribution in [2.45, 2.75) is 32.1 Å². The molecule has 20 heavy (non-hydrogen) atoms. The molecule has 0 bridgehead atoms. The maximum atomic E-state index is 13.3. The van der Waals surface area contributed by atoms with E-state index < -0.39 is 28.4 Å². The van der Waals surface area contributed by atoms with E-state index in [0.717, 1.165) is 16.4 Å². The molecule has 0 aliphatic heterocycles.